The zero-order chi connectivity index (χ0) is 41.4. The zero-order valence-corrected chi connectivity index (χ0v) is 37.8. The van der Waals surface area contributed by atoms with E-state index in [-0.39, 0.29) is 26.1 Å². The third kappa shape index (κ3) is 41.9. The van der Waals surface area contributed by atoms with Gasteiger partial charge in [0.25, 0.3) is 0 Å². The van der Waals surface area contributed by atoms with Gasteiger partial charge in [-0.3, -0.25) is 18.6 Å². The Bertz CT molecular complexity index is 1050. The van der Waals surface area contributed by atoms with Crippen molar-refractivity contribution >= 4 is 19.8 Å². The molecule has 0 saturated carbocycles. The monoisotopic (exact) mass is 813 g/mol. The lowest BCUT2D eigenvalue weighted by Crippen LogP contribution is -2.37. The van der Waals surface area contributed by atoms with Crippen molar-refractivity contribution in [2.24, 2.45) is 0 Å². The molecular weight excluding hydrogens is 725 g/mol. The molecule has 2 atom stereocenters. The summed E-state index contributed by atoms with van der Waals surface area (Å²) in [5.74, 6) is -0.867. The Morgan fingerprint density at radius 3 is 1.48 bits per heavy atom. The molecule has 0 heterocycles. The molecule has 0 aliphatic rings. The van der Waals surface area contributed by atoms with Crippen LogP contribution in [0.5, 0.6) is 0 Å². The van der Waals surface area contributed by atoms with Crippen molar-refractivity contribution in [1.29, 1.82) is 0 Å². The summed E-state index contributed by atoms with van der Waals surface area (Å²) in [4.78, 5) is 35.3. The SMILES string of the molecule is CCCCCCCCCC/C=C/CCCCCC(=O)OC[C@H](COP(=O)(O)OCC[N+](C)(C)C)OC(=O)CCC/C=C/C/C=C/CCCCCCCCCCC. The number of carbonyl (C=O) groups is 2. The van der Waals surface area contributed by atoms with Gasteiger partial charge in [-0.05, 0) is 64.2 Å². The smallest absolute Gasteiger partial charge is 0.462 e. The first-order valence-corrected chi connectivity index (χ1v) is 24.2. The molecule has 0 aromatic carbocycles. The number of ether oxygens (including phenoxy) is 2. The highest BCUT2D eigenvalue weighted by Gasteiger charge is 2.27. The van der Waals surface area contributed by atoms with Crippen LogP contribution < -0.4 is 0 Å². The van der Waals surface area contributed by atoms with Gasteiger partial charge in [-0.2, -0.15) is 0 Å². The third-order valence-corrected chi connectivity index (χ3v) is 10.6. The van der Waals surface area contributed by atoms with Crippen molar-refractivity contribution in [2.75, 3.05) is 47.5 Å². The number of phosphoric acid groups is 1. The van der Waals surface area contributed by atoms with E-state index in [1.165, 1.54) is 109 Å². The lowest BCUT2D eigenvalue weighted by Gasteiger charge is -2.24. The quantitative estimate of drug-likeness (QED) is 0.0214. The summed E-state index contributed by atoms with van der Waals surface area (Å²) in [6.45, 7) is 4.36. The predicted octanol–water partition coefficient (Wildman–Crippen LogP) is 12.9. The number of rotatable bonds is 41. The minimum Gasteiger partial charge on any atom is -0.462 e. The standard InChI is InChI=1S/C46H86NO8P/c1-6-8-10-12-14-16-18-20-22-23-25-27-29-31-33-35-37-39-46(49)55-44(43-54-56(50,51)53-41-40-47(3,4)5)42-52-45(48)38-36-34-32-30-28-26-24-21-19-17-15-13-11-9-7-2/h25-28,31,33,44H,6-24,29-30,32,34-43H2,1-5H3/p+1/b27-25+,28-26+,33-31+/t44-/m1/s1. The van der Waals surface area contributed by atoms with Gasteiger partial charge in [-0.1, -0.05) is 153 Å². The van der Waals surface area contributed by atoms with Crippen LogP contribution in [0, 0.1) is 0 Å². The van der Waals surface area contributed by atoms with Gasteiger partial charge in [0.1, 0.15) is 19.8 Å². The lowest BCUT2D eigenvalue weighted by molar-refractivity contribution is -0.870. The molecule has 0 spiro atoms. The maximum atomic E-state index is 12.7. The Labute approximate surface area is 344 Å². The molecule has 0 rings (SSSR count). The van der Waals surface area contributed by atoms with Gasteiger partial charge in [-0.15, -0.1) is 0 Å². The van der Waals surface area contributed by atoms with Crippen LogP contribution in [0.2, 0.25) is 0 Å². The first-order valence-electron chi connectivity index (χ1n) is 22.7. The number of phosphoric ester groups is 1. The van der Waals surface area contributed by atoms with Gasteiger partial charge in [0.05, 0.1) is 27.7 Å². The van der Waals surface area contributed by atoms with Crippen LogP contribution in [0.15, 0.2) is 36.5 Å². The molecule has 0 amide bonds. The number of unbranched alkanes of at least 4 members (excludes halogenated alkanes) is 21. The van der Waals surface area contributed by atoms with E-state index >= 15 is 0 Å². The fourth-order valence-electron chi connectivity index (χ4n) is 6.05. The van der Waals surface area contributed by atoms with Gasteiger partial charge in [-0.25, -0.2) is 4.57 Å². The van der Waals surface area contributed by atoms with Crippen LogP contribution in [0.4, 0.5) is 0 Å². The Morgan fingerprint density at radius 2 is 0.982 bits per heavy atom. The fraction of sp³-hybridized carbons (Fsp3) is 0.826. The van der Waals surface area contributed by atoms with Crippen molar-refractivity contribution in [3.8, 4) is 0 Å². The molecule has 1 N–H and O–H groups in total. The normalized spacial score (nSPS) is 13.9. The van der Waals surface area contributed by atoms with Crippen LogP contribution >= 0.6 is 7.82 Å². The third-order valence-electron chi connectivity index (χ3n) is 9.64. The number of hydrogen-bond donors (Lipinski definition) is 1. The van der Waals surface area contributed by atoms with Crippen molar-refractivity contribution in [3.63, 3.8) is 0 Å². The molecule has 9 nitrogen and oxygen atoms in total. The number of likely N-dealkylation sites (N-methyl/N-ethyl adjacent to an activating group) is 1. The molecule has 0 aromatic rings. The van der Waals surface area contributed by atoms with Crippen LogP contribution in [0.1, 0.15) is 194 Å². The van der Waals surface area contributed by atoms with Crippen molar-refractivity contribution in [1.82, 2.24) is 0 Å². The van der Waals surface area contributed by atoms with E-state index in [4.69, 9.17) is 18.5 Å². The average molecular weight is 813 g/mol. The molecule has 56 heavy (non-hydrogen) atoms. The van der Waals surface area contributed by atoms with Gasteiger partial charge in [0, 0.05) is 12.8 Å². The number of quaternary nitrogens is 1. The molecule has 1 unspecified atom stereocenters. The van der Waals surface area contributed by atoms with Gasteiger partial charge >= 0.3 is 19.8 Å². The molecule has 0 radical (unpaired) electrons. The number of nitrogens with zero attached hydrogens (tertiary/aromatic N) is 1. The average Bonchev–Trinajstić information content (AvgIpc) is 3.15. The molecule has 0 fully saturated rings. The van der Waals surface area contributed by atoms with E-state index in [9.17, 15) is 19.0 Å². The number of carbonyl (C=O) groups excluding carboxylic acids is 2. The van der Waals surface area contributed by atoms with Gasteiger partial charge in [0.2, 0.25) is 0 Å². The van der Waals surface area contributed by atoms with Crippen LogP contribution in [-0.2, 0) is 32.7 Å². The molecule has 328 valence electrons. The van der Waals surface area contributed by atoms with Crippen LogP contribution in [0.3, 0.4) is 0 Å². The molecule has 0 aliphatic carbocycles. The summed E-state index contributed by atoms with van der Waals surface area (Å²) >= 11 is 0. The Balaban J connectivity index is 4.43. The highest BCUT2D eigenvalue weighted by molar-refractivity contribution is 7.47. The van der Waals surface area contributed by atoms with E-state index in [1.807, 2.05) is 21.1 Å². The lowest BCUT2D eigenvalue weighted by atomic mass is 10.1. The summed E-state index contributed by atoms with van der Waals surface area (Å²) < 4.78 is 34.2. The Morgan fingerprint density at radius 1 is 0.554 bits per heavy atom. The van der Waals surface area contributed by atoms with E-state index in [0.717, 1.165) is 44.9 Å². The second-order valence-corrected chi connectivity index (χ2v) is 17.9. The predicted molar refractivity (Wildman–Crippen MR) is 234 cm³/mol. The molecule has 0 saturated heterocycles. The topological polar surface area (TPSA) is 108 Å². The first kappa shape index (κ1) is 54.2. The maximum absolute atomic E-state index is 12.7. The van der Waals surface area contributed by atoms with Crippen molar-refractivity contribution < 1.29 is 42.1 Å². The van der Waals surface area contributed by atoms with E-state index < -0.39 is 32.5 Å². The maximum Gasteiger partial charge on any atom is 0.472 e. The number of allylic oxidation sites excluding steroid dienone is 6. The zero-order valence-electron chi connectivity index (χ0n) is 36.9. The summed E-state index contributed by atoms with van der Waals surface area (Å²) in [7, 11) is 1.44. The van der Waals surface area contributed by atoms with E-state index in [1.54, 1.807) is 0 Å². The second-order valence-electron chi connectivity index (χ2n) is 16.4. The van der Waals surface area contributed by atoms with Gasteiger partial charge < -0.3 is 18.9 Å². The minimum absolute atomic E-state index is 0.0222. The second kappa shape index (κ2) is 38.7. The number of hydrogen-bond acceptors (Lipinski definition) is 7. The van der Waals surface area contributed by atoms with Crippen molar-refractivity contribution in [2.45, 2.75) is 200 Å². The molecule has 0 aromatic heterocycles. The summed E-state index contributed by atoms with van der Waals surface area (Å²) in [6.07, 6.45) is 43.5. The van der Waals surface area contributed by atoms with Crippen LogP contribution in [-0.4, -0.2) is 74.9 Å². The largest absolute Gasteiger partial charge is 0.472 e. The van der Waals surface area contributed by atoms with Gasteiger partial charge in [0.15, 0.2) is 6.10 Å². The highest BCUT2D eigenvalue weighted by atomic mass is 31.2. The molecule has 0 aliphatic heterocycles. The molecule has 10 heteroatoms. The Kier molecular flexibility index (Phi) is 37.5. The summed E-state index contributed by atoms with van der Waals surface area (Å²) in [5, 5.41) is 0. The first-order chi connectivity index (χ1) is 27.0. The van der Waals surface area contributed by atoms with E-state index in [2.05, 4.69) is 50.3 Å². The molecule has 0 bridgehead atoms. The number of esters is 2. The fourth-order valence-corrected chi connectivity index (χ4v) is 6.79. The summed E-state index contributed by atoms with van der Waals surface area (Å²) in [6, 6.07) is 0. The Hall–Kier alpha value is -1.77. The van der Waals surface area contributed by atoms with E-state index in [0.29, 0.717) is 23.9 Å². The molecular formula is C46H87NO8P+. The highest BCUT2D eigenvalue weighted by Crippen LogP contribution is 2.43. The minimum atomic E-state index is -4.39. The summed E-state index contributed by atoms with van der Waals surface area (Å²) in [5.41, 5.74) is 0. The van der Waals surface area contributed by atoms with Crippen molar-refractivity contribution in [3.05, 3.63) is 36.5 Å². The van der Waals surface area contributed by atoms with Crippen LogP contribution in [0.25, 0.3) is 0 Å².